The second-order valence-corrected chi connectivity index (χ2v) is 20.3. The minimum atomic E-state index is -0.234. The molecule has 0 saturated carbocycles. The van der Waals surface area contributed by atoms with Gasteiger partial charge in [-0.1, -0.05) is 82.4 Å². The van der Waals surface area contributed by atoms with Crippen molar-refractivity contribution in [3.63, 3.8) is 0 Å². The molecule has 4 fully saturated rings. The number of hydrogen-bond acceptors (Lipinski definition) is 11. The minimum Gasteiger partial charge on any atom is -0.466 e. The second-order valence-electron chi connectivity index (χ2n) is 17.7. The first kappa shape index (κ1) is 52.6. The normalized spacial score (nSPS) is 17.3. The molecule has 4 aromatic carbocycles. The van der Waals surface area contributed by atoms with E-state index in [0.717, 1.165) is 59.8 Å². The van der Waals surface area contributed by atoms with E-state index in [2.05, 4.69) is 34.1 Å². The van der Waals surface area contributed by atoms with Gasteiger partial charge < -0.3 is 38.5 Å². The topological polar surface area (TPSA) is 118 Å². The van der Waals surface area contributed by atoms with Crippen LogP contribution in [-0.4, -0.2) is 126 Å². The van der Waals surface area contributed by atoms with E-state index in [1.807, 2.05) is 36.4 Å². The Balaban J connectivity index is 1.15. The number of carbonyl (C=O) groups excluding carboxylic acids is 4. The summed E-state index contributed by atoms with van der Waals surface area (Å²) in [6, 6.07) is 20.3. The smallest absolute Gasteiger partial charge is 0.309 e. The zero-order chi connectivity index (χ0) is 50.0. The standard InChI is InChI=1S/C54H58Cl4N4O8S/c1-3-69-53(65)35-15-19-61(20-16-35)47(63)13-11-41-43(37-7-5-9-39(31-37)59-23-27-67-28-24-59)33-45(51(57)49(41)55)71-46-34-44(38-8-6-10-40(32-38)60-25-29-68-30-26-60)42(50(56)52(46)58)12-14-48(64)62-21-17-36(18-22-62)54(66)70-4-2/h5-14,31-36H,3-4,15-30H2,1-2H3/b13-11+,14-12+. The highest BCUT2D eigenvalue weighted by Gasteiger charge is 2.30. The number of anilines is 2. The van der Waals surface area contributed by atoms with Crippen LogP contribution in [0.3, 0.4) is 0 Å². The number of benzene rings is 4. The molecule has 0 spiro atoms. The Hall–Kier alpha value is -4.73. The van der Waals surface area contributed by atoms with Gasteiger partial charge in [0.2, 0.25) is 11.8 Å². The average Bonchev–Trinajstić information content (AvgIpc) is 3.41. The van der Waals surface area contributed by atoms with E-state index in [9.17, 15) is 19.2 Å². The van der Waals surface area contributed by atoms with Gasteiger partial charge in [0.25, 0.3) is 0 Å². The predicted molar refractivity (Wildman–Crippen MR) is 284 cm³/mol. The van der Waals surface area contributed by atoms with Crippen LogP contribution in [0.15, 0.2) is 82.6 Å². The Kier molecular flexibility index (Phi) is 18.4. The molecule has 0 unspecified atom stereocenters. The fourth-order valence-electron chi connectivity index (χ4n) is 9.40. The lowest BCUT2D eigenvalue weighted by atomic mass is 9.96. The van der Waals surface area contributed by atoms with E-state index < -0.39 is 0 Å². The summed E-state index contributed by atoms with van der Waals surface area (Å²) in [5, 5.41) is 1.02. The highest BCUT2D eigenvalue weighted by Crippen LogP contribution is 2.49. The molecule has 0 atom stereocenters. The fraction of sp³-hybridized carbons (Fsp3) is 0.407. The lowest BCUT2D eigenvalue weighted by molar-refractivity contribution is -0.151. The third kappa shape index (κ3) is 12.7. The van der Waals surface area contributed by atoms with E-state index in [-0.39, 0.29) is 55.7 Å². The lowest BCUT2D eigenvalue weighted by Crippen LogP contribution is -2.39. The summed E-state index contributed by atoms with van der Waals surface area (Å²) in [7, 11) is 0. The van der Waals surface area contributed by atoms with E-state index in [4.69, 9.17) is 65.4 Å². The van der Waals surface area contributed by atoms with Crippen molar-refractivity contribution in [2.24, 2.45) is 11.8 Å². The van der Waals surface area contributed by atoms with Crippen LogP contribution in [0.25, 0.3) is 34.4 Å². The fourth-order valence-corrected chi connectivity index (χ4v) is 11.6. The van der Waals surface area contributed by atoms with Gasteiger partial charge in [0, 0.05) is 96.8 Å². The van der Waals surface area contributed by atoms with Crippen molar-refractivity contribution in [3.8, 4) is 22.3 Å². The zero-order valence-corrected chi connectivity index (χ0v) is 43.8. The van der Waals surface area contributed by atoms with E-state index in [0.29, 0.717) is 112 Å². The van der Waals surface area contributed by atoms with Crippen LogP contribution in [0, 0.1) is 11.8 Å². The van der Waals surface area contributed by atoms with Crippen LogP contribution in [0.5, 0.6) is 0 Å². The number of halogens is 4. The molecule has 0 radical (unpaired) electrons. The van der Waals surface area contributed by atoms with Crippen LogP contribution in [0.1, 0.15) is 50.7 Å². The van der Waals surface area contributed by atoms with Gasteiger partial charge in [-0.25, -0.2) is 0 Å². The van der Waals surface area contributed by atoms with E-state index in [1.165, 1.54) is 23.9 Å². The maximum absolute atomic E-state index is 13.7. The predicted octanol–water partition coefficient (Wildman–Crippen LogP) is 11.1. The van der Waals surface area contributed by atoms with Gasteiger partial charge in [-0.05, 0) is 110 Å². The second kappa shape index (κ2) is 24.8. The molecule has 17 heteroatoms. The number of rotatable bonds is 14. The summed E-state index contributed by atoms with van der Waals surface area (Å²) < 4.78 is 21.8. The summed E-state index contributed by atoms with van der Waals surface area (Å²) in [6.07, 6.45) is 8.57. The SMILES string of the molecule is CCOC(=O)C1CCN(C(=O)/C=C/c2c(-c3cccc(N4CCOCC4)c3)cc(Sc3cc(-c4cccc(N5CCOCC5)c4)c(/C=C/C(=O)N4CCC(C(=O)OCC)CC4)c(Cl)c3Cl)c(Cl)c2Cl)CC1. The zero-order valence-electron chi connectivity index (χ0n) is 39.9. The molecule has 4 heterocycles. The van der Waals surface area contributed by atoms with E-state index in [1.54, 1.807) is 35.8 Å². The van der Waals surface area contributed by atoms with Crippen molar-refractivity contribution in [2.45, 2.75) is 49.3 Å². The first-order valence-electron chi connectivity index (χ1n) is 24.3. The summed E-state index contributed by atoms with van der Waals surface area (Å²) in [5.41, 5.74) is 6.37. The minimum absolute atomic E-state index is 0.202. The molecule has 8 rings (SSSR count). The van der Waals surface area contributed by atoms with Crippen molar-refractivity contribution >= 4 is 105 Å². The van der Waals surface area contributed by atoms with E-state index >= 15 is 0 Å². The molecule has 0 N–H and O–H groups in total. The van der Waals surface area contributed by atoms with Crippen molar-refractivity contribution in [1.82, 2.24) is 9.80 Å². The van der Waals surface area contributed by atoms with Gasteiger partial charge >= 0.3 is 11.9 Å². The van der Waals surface area contributed by atoms with Crippen LogP contribution >= 0.6 is 58.2 Å². The van der Waals surface area contributed by atoms with Crippen LogP contribution in [0.4, 0.5) is 11.4 Å². The quantitative estimate of drug-likeness (QED) is 0.0887. The van der Waals surface area contributed by atoms with Crippen LogP contribution < -0.4 is 9.80 Å². The molecule has 0 aromatic heterocycles. The number of piperidine rings is 2. The number of morpholine rings is 2. The molecule has 0 bridgehead atoms. The Labute approximate surface area is 440 Å². The number of esters is 2. The molecule has 0 aliphatic carbocycles. The largest absolute Gasteiger partial charge is 0.466 e. The van der Waals surface area contributed by atoms with Crippen LogP contribution in [0.2, 0.25) is 20.1 Å². The molecule has 12 nitrogen and oxygen atoms in total. The molecule has 376 valence electrons. The van der Waals surface area contributed by atoms with Crippen molar-refractivity contribution < 1.29 is 38.1 Å². The maximum atomic E-state index is 13.7. The number of nitrogens with zero attached hydrogens (tertiary/aromatic N) is 4. The van der Waals surface area contributed by atoms with Gasteiger partial charge in [-0.3, -0.25) is 19.2 Å². The number of amides is 2. The Morgan fingerprint density at radius 2 is 0.944 bits per heavy atom. The first-order valence-corrected chi connectivity index (χ1v) is 26.6. The van der Waals surface area contributed by atoms with Gasteiger partial charge in [0.15, 0.2) is 0 Å². The van der Waals surface area contributed by atoms with Crippen molar-refractivity contribution in [3.05, 3.63) is 104 Å². The van der Waals surface area contributed by atoms with Crippen molar-refractivity contribution in [2.75, 3.05) is 102 Å². The Morgan fingerprint density at radius 1 is 0.563 bits per heavy atom. The average molecular weight is 1060 g/mol. The molecular formula is C54H58Cl4N4O8S. The van der Waals surface area contributed by atoms with Gasteiger partial charge in [0.1, 0.15) is 0 Å². The summed E-state index contributed by atoms with van der Waals surface area (Å²) in [5.74, 6) is -1.32. The molecule has 4 saturated heterocycles. The first-order chi connectivity index (χ1) is 34.4. The third-order valence-corrected chi connectivity index (χ3v) is 16.4. The molecule has 4 aliphatic rings. The number of likely N-dealkylation sites (tertiary alicyclic amines) is 2. The number of carbonyl (C=O) groups is 4. The Bertz CT molecular complexity index is 2480. The van der Waals surface area contributed by atoms with Crippen LogP contribution in [-0.2, 0) is 38.1 Å². The molecule has 4 aromatic rings. The molecule has 2 amide bonds. The molecule has 71 heavy (non-hydrogen) atoms. The number of hydrogen-bond donors (Lipinski definition) is 0. The lowest BCUT2D eigenvalue weighted by Gasteiger charge is -2.30. The summed E-state index contributed by atoms with van der Waals surface area (Å²) in [4.78, 5) is 61.4. The Morgan fingerprint density at radius 3 is 1.31 bits per heavy atom. The highest BCUT2D eigenvalue weighted by atomic mass is 35.5. The monoisotopic (exact) mass is 1060 g/mol. The molecular weight excluding hydrogens is 1010 g/mol. The summed E-state index contributed by atoms with van der Waals surface area (Å²) in [6.45, 7) is 11.4. The van der Waals surface area contributed by atoms with Gasteiger partial charge in [-0.15, -0.1) is 0 Å². The summed E-state index contributed by atoms with van der Waals surface area (Å²) >= 11 is 30.5. The highest BCUT2D eigenvalue weighted by molar-refractivity contribution is 7.99. The van der Waals surface area contributed by atoms with Gasteiger partial charge in [-0.2, -0.15) is 0 Å². The van der Waals surface area contributed by atoms with Gasteiger partial charge in [0.05, 0.1) is 71.6 Å². The maximum Gasteiger partial charge on any atom is 0.309 e. The van der Waals surface area contributed by atoms with Crippen molar-refractivity contribution in [1.29, 1.82) is 0 Å². The molecule has 4 aliphatic heterocycles. The third-order valence-electron chi connectivity index (χ3n) is 13.3. The number of ether oxygens (including phenoxy) is 4.